The van der Waals surface area contributed by atoms with Gasteiger partial charge in [0, 0.05) is 17.7 Å². The molecule has 0 bridgehead atoms. The first-order valence-corrected chi connectivity index (χ1v) is 7.71. The molecule has 1 fully saturated rings. The molecular formula is C17H16N4O4. The number of nitro benzene ring substituents is 1. The topological polar surface area (TPSA) is 127 Å². The molecule has 0 atom stereocenters. The number of amides is 2. The van der Waals surface area contributed by atoms with Gasteiger partial charge in [-0.15, -0.1) is 0 Å². The molecular weight excluding hydrogens is 324 g/mol. The number of nitrogens with one attached hydrogen (secondary N) is 2. The van der Waals surface area contributed by atoms with Gasteiger partial charge in [-0.3, -0.25) is 19.7 Å². The molecule has 0 aliphatic heterocycles. The number of carbonyl (C=O) groups is 2. The van der Waals surface area contributed by atoms with Crippen LogP contribution in [0.1, 0.15) is 33.6 Å². The van der Waals surface area contributed by atoms with Crippen molar-refractivity contribution in [3.8, 4) is 0 Å². The van der Waals surface area contributed by atoms with Crippen LogP contribution in [0.25, 0.3) is 0 Å². The molecule has 0 heterocycles. The Morgan fingerprint density at radius 3 is 2.48 bits per heavy atom. The summed E-state index contributed by atoms with van der Waals surface area (Å²) in [6, 6.07) is 10.8. The van der Waals surface area contributed by atoms with Crippen molar-refractivity contribution in [2.75, 3.05) is 10.6 Å². The minimum Gasteiger partial charge on any atom is -0.377 e. The molecule has 1 saturated carbocycles. The van der Waals surface area contributed by atoms with Crippen LogP contribution < -0.4 is 16.4 Å². The summed E-state index contributed by atoms with van der Waals surface area (Å²) in [4.78, 5) is 34.6. The van der Waals surface area contributed by atoms with Crippen LogP contribution in [-0.4, -0.2) is 22.8 Å². The number of hydrogen-bond donors (Lipinski definition) is 3. The van der Waals surface area contributed by atoms with Crippen molar-refractivity contribution < 1.29 is 14.5 Å². The number of carbonyl (C=O) groups excluding carboxylic acids is 2. The molecule has 0 unspecified atom stereocenters. The van der Waals surface area contributed by atoms with E-state index in [4.69, 9.17) is 5.73 Å². The van der Waals surface area contributed by atoms with Crippen LogP contribution in [0.3, 0.4) is 0 Å². The lowest BCUT2D eigenvalue weighted by Crippen LogP contribution is -2.18. The van der Waals surface area contributed by atoms with E-state index in [2.05, 4.69) is 10.6 Å². The van der Waals surface area contributed by atoms with Crippen LogP contribution >= 0.6 is 0 Å². The zero-order valence-corrected chi connectivity index (χ0v) is 13.2. The lowest BCUT2D eigenvalue weighted by Gasteiger charge is -2.10. The van der Waals surface area contributed by atoms with E-state index in [0.29, 0.717) is 5.69 Å². The monoisotopic (exact) mass is 340 g/mol. The van der Waals surface area contributed by atoms with E-state index in [1.165, 1.54) is 30.3 Å². The van der Waals surface area contributed by atoms with E-state index in [-0.39, 0.29) is 28.5 Å². The van der Waals surface area contributed by atoms with E-state index in [0.717, 1.165) is 12.8 Å². The second-order valence-electron chi connectivity index (χ2n) is 5.77. The van der Waals surface area contributed by atoms with E-state index in [1.54, 1.807) is 12.1 Å². The summed E-state index contributed by atoms with van der Waals surface area (Å²) < 4.78 is 0. The molecule has 0 radical (unpaired) electrons. The van der Waals surface area contributed by atoms with Crippen molar-refractivity contribution in [3.63, 3.8) is 0 Å². The highest BCUT2D eigenvalue weighted by Crippen LogP contribution is 2.31. The molecule has 8 heteroatoms. The SMILES string of the molecule is NC(=O)c1ccccc1NC(=O)c1ccc(NC2CC2)c([N+](=O)[O-])c1. The van der Waals surface area contributed by atoms with Gasteiger partial charge in [0.2, 0.25) is 0 Å². The van der Waals surface area contributed by atoms with Gasteiger partial charge < -0.3 is 16.4 Å². The summed E-state index contributed by atoms with van der Waals surface area (Å²) in [7, 11) is 0. The maximum atomic E-state index is 12.4. The predicted molar refractivity (Wildman–Crippen MR) is 92.7 cm³/mol. The molecule has 8 nitrogen and oxygen atoms in total. The Morgan fingerprint density at radius 2 is 1.84 bits per heavy atom. The van der Waals surface area contributed by atoms with Gasteiger partial charge in [-0.1, -0.05) is 12.1 Å². The quantitative estimate of drug-likeness (QED) is 0.550. The summed E-state index contributed by atoms with van der Waals surface area (Å²) in [5.74, 6) is -1.24. The Morgan fingerprint density at radius 1 is 1.12 bits per heavy atom. The Balaban J connectivity index is 1.86. The van der Waals surface area contributed by atoms with Gasteiger partial charge in [0.05, 0.1) is 16.2 Å². The third-order valence-corrected chi connectivity index (χ3v) is 3.83. The molecule has 0 saturated heterocycles. The van der Waals surface area contributed by atoms with Crippen LogP contribution in [0.15, 0.2) is 42.5 Å². The number of para-hydroxylation sites is 1. The second-order valence-corrected chi connectivity index (χ2v) is 5.77. The number of hydrogen-bond acceptors (Lipinski definition) is 5. The van der Waals surface area contributed by atoms with E-state index in [1.807, 2.05) is 0 Å². The normalized spacial score (nSPS) is 13.1. The van der Waals surface area contributed by atoms with Crippen LogP contribution in [0.4, 0.5) is 17.1 Å². The Kier molecular flexibility index (Phi) is 4.34. The minimum absolute atomic E-state index is 0.118. The van der Waals surface area contributed by atoms with Crippen LogP contribution in [0, 0.1) is 10.1 Å². The molecule has 128 valence electrons. The highest BCUT2D eigenvalue weighted by atomic mass is 16.6. The van der Waals surface area contributed by atoms with E-state index < -0.39 is 16.7 Å². The van der Waals surface area contributed by atoms with Crippen LogP contribution in [0.2, 0.25) is 0 Å². The molecule has 1 aliphatic carbocycles. The van der Waals surface area contributed by atoms with Crippen molar-refractivity contribution in [1.29, 1.82) is 0 Å². The fraction of sp³-hybridized carbons (Fsp3) is 0.176. The molecule has 2 aromatic rings. The Bertz CT molecular complexity index is 861. The van der Waals surface area contributed by atoms with Crippen LogP contribution in [-0.2, 0) is 0 Å². The minimum atomic E-state index is -0.675. The predicted octanol–water partition coefficient (Wildman–Crippen LogP) is 2.52. The number of nitro groups is 1. The number of benzene rings is 2. The van der Waals surface area contributed by atoms with Crippen molar-refractivity contribution in [1.82, 2.24) is 0 Å². The highest BCUT2D eigenvalue weighted by molar-refractivity contribution is 6.09. The summed E-state index contributed by atoms with van der Waals surface area (Å²) in [6.07, 6.45) is 1.95. The largest absolute Gasteiger partial charge is 0.377 e. The zero-order chi connectivity index (χ0) is 18.0. The number of rotatable bonds is 6. The maximum Gasteiger partial charge on any atom is 0.293 e. The summed E-state index contributed by atoms with van der Waals surface area (Å²) in [6.45, 7) is 0. The van der Waals surface area contributed by atoms with E-state index in [9.17, 15) is 19.7 Å². The fourth-order valence-electron chi connectivity index (χ4n) is 2.40. The summed E-state index contributed by atoms with van der Waals surface area (Å²) >= 11 is 0. The summed E-state index contributed by atoms with van der Waals surface area (Å²) in [5, 5.41) is 16.9. The molecule has 4 N–H and O–H groups in total. The van der Waals surface area contributed by atoms with Gasteiger partial charge in [0.15, 0.2) is 0 Å². The van der Waals surface area contributed by atoms with Crippen LogP contribution in [0.5, 0.6) is 0 Å². The van der Waals surface area contributed by atoms with Gasteiger partial charge >= 0.3 is 0 Å². The average Bonchev–Trinajstić information content (AvgIpc) is 3.39. The number of nitrogens with zero attached hydrogens (tertiary/aromatic N) is 1. The fourth-order valence-corrected chi connectivity index (χ4v) is 2.40. The number of primary amides is 1. The standard InChI is InChI=1S/C17H16N4O4/c18-16(22)12-3-1-2-4-13(12)20-17(23)10-5-8-14(19-11-6-7-11)15(9-10)21(24)25/h1-5,8-9,11,19H,6-7H2,(H2,18,22)(H,20,23). The molecule has 25 heavy (non-hydrogen) atoms. The van der Waals surface area contributed by atoms with Crippen molar-refractivity contribution in [3.05, 3.63) is 63.7 Å². The first-order chi connectivity index (χ1) is 12.0. The molecule has 2 amide bonds. The second kappa shape index (κ2) is 6.60. The number of anilines is 2. The Labute approximate surface area is 143 Å². The first kappa shape index (κ1) is 16.4. The lowest BCUT2D eigenvalue weighted by atomic mass is 10.1. The van der Waals surface area contributed by atoms with Gasteiger partial charge in [-0.05, 0) is 37.1 Å². The summed E-state index contributed by atoms with van der Waals surface area (Å²) in [5.41, 5.74) is 6.04. The van der Waals surface area contributed by atoms with Gasteiger partial charge in [0.25, 0.3) is 17.5 Å². The van der Waals surface area contributed by atoms with Crippen molar-refractivity contribution in [2.24, 2.45) is 5.73 Å². The molecule has 3 rings (SSSR count). The Hall–Kier alpha value is -3.42. The smallest absolute Gasteiger partial charge is 0.293 e. The van der Waals surface area contributed by atoms with Crippen molar-refractivity contribution in [2.45, 2.75) is 18.9 Å². The van der Waals surface area contributed by atoms with Gasteiger partial charge in [0.1, 0.15) is 5.69 Å². The third kappa shape index (κ3) is 3.74. The van der Waals surface area contributed by atoms with Crippen molar-refractivity contribution >= 4 is 28.9 Å². The van der Waals surface area contributed by atoms with E-state index >= 15 is 0 Å². The van der Waals surface area contributed by atoms with Gasteiger partial charge in [-0.2, -0.15) is 0 Å². The maximum absolute atomic E-state index is 12.4. The highest BCUT2D eigenvalue weighted by Gasteiger charge is 2.25. The average molecular weight is 340 g/mol. The molecule has 1 aliphatic rings. The number of nitrogens with two attached hydrogens (primary N) is 1. The molecule has 2 aromatic carbocycles. The first-order valence-electron chi connectivity index (χ1n) is 7.71. The molecule has 0 spiro atoms. The third-order valence-electron chi connectivity index (χ3n) is 3.83. The lowest BCUT2D eigenvalue weighted by molar-refractivity contribution is -0.384. The van der Waals surface area contributed by atoms with Gasteiger partial charge in [-0.25, -0.2) is 0 Å². The zero-order valence-electron chi connectivity index (χ0n) is 13.2. The molecule has 0 aromatic heterocycles.